The molecule has 0 fully saturated rings. The van der Waals surface area contributed by atoms with E-state index in [1.54, 1.807) is 42.5 Å². The van der Waals surface area contributed by atoms with Crippen molar-refractivity contribution in [3.05, 3.63) is 138 Å². The second-order valence-corrected chi connectivity index (χ2v) is 13.3. The predicted octanol–water partition coefficient (Wildman–Crippen LogP) is 5.02. The van der Waals surface area contributed by atoms with Gasteiger partial charge in [-0.05, 0) is 60.2 Å². The minimum Gasteiger partial charge on any atom is -0.497 e. The molecular weight excluding hydrogens is 680 g/mol. The molecule has 2 heterocycles. The number of para-hydroxylation sites is 1. The minimum atomic E-state index is -4.23. The molecular formula is C32H23BrN4O8S. The number of non-ortho nitro benzene ring substituents is 1. The molecule has 232 valence electrons. The topological polar surface area (TPSA) is 163 Å². The van der Waals surface area contributed by atoms with Gasteiger partial charge in [0.15, 0.2) is 15.6 Å². The number of halogens is 1. The van der Waals surface area contributed by atoms with Gasteiger partial charge in [0.05, 0.1) is 39.0 Å². The molecule has 0 spiro atoms. The summed E-state index contributed by atoms with van der Waals surface area (Å²) >= 11 is 3.42. The van der Waals surface area contributed by atoms with E-state index in [0.717, 1.165) is 4.57 Å². The van der Waals surface area contributed by atoms with E-state index in [1.807, 2.05) is 0 Å². The summed E-state index contributed by atoms with van der Waals surface area (Å²) in [6.07, 6.45) is 0. The van der Waals surface area contributed by atoms with E-state index in [2.05, 4.69) is 20.9 Å². The standard InChI is InChI=1S/C32H23BrN4O8S/c1-45-22-10-12-23(13-11-22)46(43,44)18-28(38)30-29(36-31(39)24-7-2-3-8-26(24)34-32(36)40)25-16-20(33)9-14-27(25)35(30)17-19-5-4-6-21(15-19)37(41)42/h2-16H,17-18H2,1H3,(H,34,40). The van der Waals surface area contributed by atoms with E-state index in [0.29, 0.717) is 26.7 Å². The number of sulfone groups is 1. The van der Waals surface area contributed by atoms with Crippen molar-refractivity contribution in [3.63, 3.8) is 0 Å². The number of aromatic nitrogens is 3. The smallest absolute Gasteiger partial charge is 0.333 e. The van der Waals surface area contributed by atoms with Crippen molar-refractivity contribution in [2.24, 2.45) is 0 Å². The molecule has 0 bridgehead atoms. The Morgan fingerprint density at radius 3 is 2.41 bits per heavy atom. The number of nitrogens with one attached hydrogen (secondary N) is 1. The molecule has 0 saturated heterocycles. The minimum absolute atomic E-state index is 0.117. The average molecular weight is 704 g/mol. The van der Waals surface area contributed by atoms with Gasteiger partial charge in [-0.2, -0.15) is 0 Å². The van der Waals surface area contributed by atoms with Gasteiger partial charge < -0.3 is 14.3 Å². The van der Waals surface area contributed by atoms with Gasteiger partial charge in [0, 0.05) is 28.5 Å². The number of hydrogen-bond acceptors (Lipinski definition) is 8. The Morgan fingerprint density at radius 1 is 0.957 bits per heavy atom. The maximum Gasteiger partial charge on any atom is 0.333 e. The van der Waals surface area contributed by atoms with Crippen LogP contribution in [0, 0.1) is 10.1 Å². The quantitative estimate of drug-likeness (QED) is 0.125. The molecule has 0 atom stereocenters. The Hall–Kier alpha value is -5.34. The second-order valence-electron chi connectivity index (χ2n) is 10.3. The van der Waals surface area contributed by atoms with Crippen LogP contribution in [-0.4, -0.2) is 46.1 Å². The number of nitrogens with zero attached hydrogens (tertiary/aromatic N) is 3. The molecule has 0 unspecified atom stereocenters. The molecule has 4 aromatic carbocycles. The van der Waals surface area contributed by atoms with Crippen molar-refractivity contribution >= 4 is 59.0 Å². The number of carbonyl (C=O) groups is 1. The van der Waals surface area contributed by atoms with Crippen LogP contribution in [0.2, 0.25) is 0 Å². The van der Waals surface area contributed by atoms with Crippen molar-refractivity contribution in [2.75, 3.05) is 12.9 Å². The van der Waals surface area contributed by atoms with E-state index in [-0.39, 0.29) is 39.4 Å². The molecule has 0 radical (unpaired) electrons. The Morgan fingerprint density at radius 2 is 1.70 bits per heavy atom. The molecule has 6 aromatic rings. The zero-order chi connectivity index (χ0) is 32.7. The van der Waals surface area contributed by atoms with Crippen LogP contribution in [0.1, 0.15) is 16.1 Å². The number of fused-ring (bicyclic) bond motifs is 2. The SMILES string of the molecule is COc1ccc(S(=O)(=O)CC(=O)c2c(-n3c(=O)[nH]c4ccccc4c3=O)c3cc(Br)ccc3n2Cc2cccc([N+](=O)[O-])c2)cc1. The monoisotopic (exact) mass is 702 g/mol. The number of ether oxygens (including phenoxy) is 1. The van der Waals surface area contributed by atoms with Crippen molar-refractivity contribution in [1.29, 1.82) is 0 Å². The Labute approximate surface area is 268 Å². The predicted molar refractivity (Wildman–Crippen MR) is 175 cm³/mol. The van der Waals surface area contributed by atoms with Crippen LogP contribution < -0.4 is 16.0 Å². The molecule has 6 rings (SSSR count). The zero-order valence-electron chi connectivity index (χ0n) is 24.0. The van der Waals surface area contributed by atoms with Gasteiger partial charge in [-0.1, -0.05) is 40.2 Å². The summed E-state index contributed by atoms with van der Waals surface area (Å²) < 4.78 is 35.1. The molecule has 0 amide bonds. The van der Waals surface area contributed by atoms with Gasteiger partial charge in [0.25, 0.3) is 11.2 Å². The molecule has 0 aliphatic heterocycles. The maximum absolute atomic E-state index is 14.3. The molecule has 12 nitrogen and oxygen atoms in total. The van der Waals surface area contributed by atoms with Crippen molar-refractivity contribution in [3.8, 4) is 11.4 Å². The number of aromatic amines is 1. The molecule has 0 saturated carbocycles. The lowest BCUT2D eigenvalue weighted by molar-refractivity contribution is -0.384. The van der Waals surface area contributed by atoms with E-state index >= 15 is 0 Å². The van der Waals surface area contributed by atoms with Crippen molar-refractivity contribution < 1.29 is 22.9 Å². The largest absolute Gasteiger partial charge is 0.497 e. The number of rotatable bonds is 9. The number of Topliss-reactive ketones (excluding diaryl/α,β-unsaturated/α-hetero) is 1. The molecule has 0 aliphatic rings. The summed E-state index contributed by atoms with van der Waals surface area (Å²) in [6.45, 7) is -0.121. The Balaban J connectivity index is 1.64. The van der Waals surface area contributed by atoms with Gasteiger partial charge in [-0.25, -0.2) is 17.8 Å². The summed E-state index contributed by atoms with van der Waals surface area (Å²) in [6, 6.07) is 22.6. The van der Waals surface area contributed by atoms with Crippen LogP contribution >= 0.6 is 15.9 Å². The lowest BCUT2D eigenvalue weighted by atomic mass is 10.1. The van der Waals surface area contributed by atoms with E-state index < -0.39 is 37.5 Å². The summed E-state index contributed by atoms with van der Waals surface area (Å²) in [4.78, 5) is 55.3. The number of carbonyl (C=O) groups excluding carboxylic acids is 1. The van der Waals surface area contributed by atoms with Crippen LogP contribution in [0.3, 0.4) is 0 Å². The highest BCUT2D eigenvalue weighted by Gasteiger charge is 2.30. The van der Waals surface area contributed by atoms with Crippen LogP contribution in [0.4, 0.5) is 5.69 Å². The highest BCUT2D eigenvalue weighted by Crippen LogP contribution is 2.33. The third kappa shape index (κ3) is 5.52. The molecule has 2 aromatic heterocycles. The number of ketones is 1. The lowest BCUT2D eigenvalue weighted by Crippen LogP contribution is -2.35. The molecule has 14 heteroatoms. The highest BCUT2D eigenvalue weighted by molar-refractivity contribution is 9.10. The summed E-state index contributed by atoms with van der Waals surface area (Å²) in [7, 11) is -2.80. The number of nitro benzene ring substituents is 1. The van der Waals surface area contributed by atoms with Gasteiger partial charge in [0.2, 0.25) is 0 Å². The fourth-order valence-corrected chi connectivity index (χ4v) is 6.97. The van der Waals surface area contributed by atoms with Crippen LogP contribution in [0.25, 0.3) is 27.5 Å². The summed E-state index contributed by atoms with van der Waals surface area (Å²) in [5.41, 5.74) is -1.01. The summed E-state index contributed by atoms with van der Waals surface area (Å²) in [5, 5.41) is 12.0. The van der Waals surface area contributed by atoms with Crippen molar-refractivity contribution in [2.45, 2.75) is 11.4 Å². The number of benzene rings is 4. The first-order valence-corrected chi connectivity index (χ1v) is 16.1. The Bertz CT molecular complexity index is 2430. The van der Waals surface area contributed by atoms with Gasteiger partial charge in [0.1, 0.15) is 17.2 Å². The zero-order valence-corrected chi connectivity index (χ0v) is 26.4. The van der Waals surface area contributed by atoms with Crippen molar-refractivity contribution in [1.82, 2.24) is 14.1 Å². The van der Waals surface area contributed by atoms with Crippen LogP contribution in [-0.2, 0) is 16.4 Å². The maximum atomic E-state index is 14.3. The second kappa shape index (κ2) is 11.9. The first-order chi connectivity index (χ1) is 22.0. The van der Waals surface area contributed by atoms with E-state index in [4.69, 9.17) is 4.74 Å². The van der Waals surface area contributed by atoms with Crippen LogP contribution in [0.15, 0.2) is 110 Å². The lowest BCUT2D eigenvalue weighted by Gasteiger charge is -2.13. The van der Waals surface area contributed by atoms with Gasteiger partial charge in [-0.15, -0.1) is 0 Å². The third-order valence-corrected chi connectivity index (χ3v) is 9.62. The third-order valence-electron chi connectivity index (χ3n) is 7.49. The molecule has 0 aliphatic carbocycles. The normalized spacial score (nSPS) is 11.6. The number of methoxy groups -OCH3 is 1. The van der Waals surface area contributed by atoms with Gasteiger partial charge >= 0.3 is 5.69 Å². The first kappa shape index (κ1) is 30.7. The fourth-order valence-electron chi connectivity index (χ4n) is 5.41. The molecule has 1 N–H and O–H groups in total. The van der Waals surface area contributed by atoms with Crippen LogP contribution in [0.5, 0.6) is 5.75 Å². The highest BCUT2D eigenvalue weighted by atomic mass is 79.9. The number of H-pyrrole nitrogens is 1. The average Bonchev–Trinajstić information content (AvgIpc) is 3.33. The Kier molecular flexibility index (Phi) is 7.92. The molecule has 46 heavy (non-hydrogen) atoms. The first-order valence-electron chi connectivity index (χ1n) is 13.7. The number of hydrogen-bond donors (Lipinski definition) is 1. The summed E-state index contributed by atoms with van der Waals surface area (Å²) in [5.74, 6) is -1.48. The number of nitro groups is 1. The van der Waals surface area contributed by atoms with E-state index in [1.165, 1.54) is 60.2 Å². The van der Waals surface area contributed by atoms with Gasteiger partial charge in [-0.3, -0.25) is 19.7 Å². The fraction of sp³-hybridized carbons (Fsp3) is 0.0938. The van der Waals surface area contributed by atoms with E-state index in [9.17, 15) is 32.9 Å².